The van der Waals surface area contributed by atoms with Crippen LogP contribution in [0.5, 0.6) is 0 Å². The summed E-state index contributed by atoms with van der Waals surface area (Å²) in [6.07, 6.45) is 6.48. The lowest BCUT2D eigenvalue weighted by atomic mass is 10.1. The third-order valence-corrected chi connectivity index (χ3v) is 4.82. The van der Waals surface area contributed by atoms with Crippen molar-refractivity contribution in [2.75, 3.05) is 0 Å². The molecule has 0 aliphatic rings. The van der Waals surface area contributed by atoms with Gasteiger partial charge in [-0.2, -0.15) is 5.10 Å². The van der Waals surface area contributed by atoms with Crippen molar-refractivity contribution in [3.05, 3.63) is 98.9 Å². The number of fused-ring (bicyclic) bond motifs is 1. The highest BCUT2D eigenvalue weighted by Crippen LogP contribution is 2.14. The molecular formula is C21H16BrN5O2. The highest BCUT2D eigenvalue weighted by molar-refractivity contribution is 9.10. The Morgan fingerprint density at radius 1 is 1.03 bits per heavy atom. The van der Waals surface area contributed by atoms with Crippen molar-refractivity contribution in [3.8, 4) is 0 Å². The molecule has 0 fully saturated rings. The lowest BCUT2D eigenvalue weighted by molar-refractivity contribution is 0.0950. The summed E-state index contributed by atoms with van der Waals surface area (Å²) in [5, 5.41) is 8.64. The predicted molar refractivity (Wildman–Crippen MR) is 112 cm³/mol. The first-order valence-corrected chi connectivity index (χ1v) is 9.67. The van der Waals surface area contributed by atoms with Crippen molar-refractivity contribution >= 4 is 32.6 Å². The Kier molecular flexibility index (Phi) is 5.44. The Bertz CT molecular complexity index is 1240. The minimum Gasteiger partial charge on any atom is -0.346 e. The quantitative estimate of drug-likeness (QED) is 0.505. The van der Waals surface area contributed by atoms with Gasteiger partial charge in [0, 0.05) is 34.6 Å². The molecule has 0 saturated carbocycles. The van der Waals surface area contributed by atoms with Crippen LogP contribution in [0.15, 0.2) is 76.5 Å². The van der Waals surface area contributed by atoms with Gasteiger partial charge in [0.1, 0.15) is 0 Å². The minimum atomic E-state index is -0.269. The van der Waals surface area contributed by atoms with Crippen LogP contribution in [0, 0.1) is 0 Å². The maximum atomic E-state index is 12.9. The Morgan fingerprint density at radius 3 is 2.62 bits per heavy atom. The van der Waals surface area contributed by atoms with Crippen LogP contribution in [0.3, 0.4) is 0 Å². The number of carbonyl (C=O) groups is 1. The van der Waals surface area contributed by atoms with Crippen molar-refractivity contribution in [3.63, 3.8) is 0 Å². The molecule has 0 atom stereocenters. The summed E-state index contributed by atoms with van der Waals surface area (Å²) in [7, 11) is 0. The first-order valence-electron chi connectivity index (χ1n) is 8.88. The number of nitrogens with one attached hydrogen (secondary N) is 1. The van der Waals surface area contributed by atoms with Crippen molar-refractivity contribution in [2.45, 2.75) is 13.1 Å². The van der Waals surface area contributed by atoms with E-state index in [1.165, 1.54) is 10.9 Å². The van der Waals surface area contributed by atoms with Crippen LogP contribution >= 0.6 is 15.9 Å². The molecule has 0 spiro atoms. The van der Waals surface area contributed by atoms with E-state index < -0.39 is 0 Å². The van der Waals surface area contributed by atoms with E-state index in [2.05, 4.69) is 36.3 Å². The zero-order valence-electron chi connectivity index (χ0n) is 15.2. The van der Waals surface area contributed by atoms with Gasteiger partial charge in [-0.3, -0.25) is 19.6 Å². The number of hydrogen-bond donors (Lipinski definition) is 1. The molecule has 8 heteroatoms. The summed E-state index contributed by atoms with van der Waals surface area (Å²) in [4.78, 5) is 33.4. The smallest absolute Gasteiger partial charge is 0.274 e. The van der Waals surface area contributed by atoms with Crippen LogP contribution in [0.1, 0.15) is 21.6 Å². The minimum absolute atomic E-state index is 0.180. The summed E-state index contributed by atoms with van der Waals surface area (Å²) < 4.78 is 2.13. The number of benzene rings is 1. The third kappa shape index (κ3) is 4.22. The van der Waals surface area contributed by atoms with Crippen molar-refractivity contribution in [1.82, 2.24) is 25.1 Å². The molecular weight excluding hydrogens is 434 g/mol. The molecule has 0 saturated heterocycles. The van der Waals surface area contributed by atoms with E-state index in [-0.39, 0.29) is 18.0 Å². The van der Waals surface area contributed by atoms with E-state index in [9.17, 15) is 9.59 Å². The van der Waals surface area contributed by atoms with Gasteiger partial charge in [-0.15, -0.1) is 0 Å². The molecule has 29 heavy (non-hydrogen) atoms. The van der Waals surface area contributed by atoms with Crippen LogP contribution in [-0.2, 0) is 13.1 Å². The van der Waals surface area contributed by atoms with Crippen LogP contribution < -0.4 is 10.9 Å². The molecule has 0 aliphatic carbocycles. The Balaban J connectivity index is 1.67. The van der Waals surface area contributed by atoms with Crippen LogP contribution in [0.2, 0.25) is 0 Å². The zero-order valence-corrected chi connectivity index (χ0v) is 16.8. The Morgan fingerprint density at radius 2 is 1.86 bits per heavy atom. The molecule has 0 bridgehead atoms. The van der Waals surface area contributed by atoms with E-state index in [0.29, 0.717) is 28.6 Å². The average Bonchev–Trinajstić information content (AvgIpc) is 2.75. The monoisotopic (exact) mass is 449 g/mol. The van der Waals surface area contributed by atoms with Gasteiger partial charge in [0.2, 0.25) is 0 Å². The van der Waals surface area contributed by atoms with Crippen LogP contribution in [0.25, 0.3) is 10.8 Å². The number of halogens is 1. The molecule has 1 amide bonds. The first-order chi connectivity index (χ1) is 14.1. The number of nitrogens with zero attached hydrogens (tertiary/aromatic N) is 4. The molecule has 7 nitrogen and oxygen atoms in total. The SMILES string of the molecule is O=C(NCc1nn(Cc2cccnc2)c(=O)c2ccccc12)c1cncc(Br)c1. The lowest BCUT2D eigenvalue weighted by Crippen LogP contribution is -2.29. The normalized spacial score (nSPS) is 10.8. The van der Waals surface area contributed by atoms with E-state index in [1.807, 2.05) is 30.3 Å². The second-order valence-electron chi connectivity index (χ2n) is 6.39. The summed E-state index contributed by atoms with van der Waals surface area (Å²) in [5.74, 6) is -0.269. The van der Waals surface area contributed by atoms with Gasteiger partial charge in [-0.25, -0.2) is 4.68 Å². The van der Waals surface area contributed by atoms with Gasteiger partial charge in [0.15, 0.2) is 0 Å². The molecule has 3 heterocycles. The number of amides is 1. The number of carbonyl (C=O) groups excluding carboxylic acids is 1. The zero-order chi connectivity index (χ0) is 20.2. The number of rotatable bonds is 5. The lowest BCUT2D eigenvalue weighted by Gasteiger charge is -2.12. The fourth-order valence-electron chi connectivity index (χ4n) is 3.01. The number of hydrogen-bond acceptors (Lipinski definition) is 5. The summed E-state index contributed by atoms with van der Waals surface area (Å²) in [6.45, 7) is 0.479. The summed E-state index contributed by atoms with van der Waals surface area (Å²) in [6, 6.07) is 12.7. The number of aromatic nitrogens is 4. The Hall–Kier alpha value is -3.39. The van der Waals surface area contributed by atoms with Crippen molar-refractivity contribution < 1.29 is 4.79 Å². The summed E-state index contributed by atoms with van der Waals surface area (Å²) >= 11 is 3.31. The largest absolute Gasteiger partial charge is 0.346 e. The molecule has 1 N–H and O–H groups in total. The second-order valence-corrected chi connectivity index (χ2v) is 7.31. The van der Waals surface area contributed by atoms with Gasteiger partial charge < -0.3 is 5.32 Å². The van der Waals surface area contributed by atoms with Gasteiger partial charge in [0.25, 0.3) is 11.5 Å². The van der Waals surface area contributed by atoms with Crippen LogP contribution in [0.4, 0.5) is 0 Å². The fraction of sp³-hybridized carbons (Fsp3) is 0.0952. The van der Waals surface area contributed by atoms with E-state index in [4.69, 9.17) is 0 Å². The predicted octanol–water partition coefficient (Wildman–Crippen LogP) is 2.93. The molecule has 4 rings (SSSR count). The molecule has 4 aromatic rings. The molecule has 0 aliphatic heterocycles. The third-order valence-electron chi connectivity index (χ3n) is 4.38. The van der Waals surface area contributed by atoms with E-state index >= 15 is 0 Å². The van der Waals surface area contributed by atoms with Crippen LogP contribution in [-0.4, -0.2) is 25.7 Å². The Labute approximate surface area is 174 Å². The maximum Gasteiger partial charge on any atom is 0.274 e. The topological polar surface area (TPSA) is 89.8 Å². The maximum absolute atomic E-state index is 12.9. The van der Waals surface area contributed by atoms with E-state index in [1.54, 1.807) is 30.7 Å². The second kappa shape index (κ2) is 8.32. The van der Waals surface area contributed by atoms with Crippen molar-refractivity contribution in [1.29, 1.82) is 0 Å². The number of pyridine rings is 2. The van der Waals surface area contributed by atoms with E-state index in [0.717, 1.165) is 10.0 Å². The molecule has 144 valence electrons. The fourth-order valence-corrected chi connectivity index (χ4v) is 3.37. The molecule has 3 aromatic heterocycles. The van der Waals surface area contributed by atoms with Gasteiger partial charge in [-0.1, -0.05) is 24.3 Å². The molecule has 0 radical (unpaired) electrons. The van der Waals surface area contributed by atoms with Crippen molar-refractivity contribution in [2.24, 2.45) is 0 Å². The highest BCUT2D eigenvalue weighted by atomic mass is 79.9. The average molecular weight is 450 g/mol. The molecule has 0 unspecified atom stereocenters. The first kappa shape index (κ1) is 18.9. The van der Waals surface area contributed by atoms with Gasteiger partial charge in [0.05, 0.1) is 29.7 Å². The van der Waals surface area contributed by atoms with Gasteiger partial charge in [-0.05, 0) is 39.7 Å². The highest BCUT2D eigenvalue weighted by Gasteiger charge is 2.13. The molecule has 1 aromatic carbocycles. The summed E-state index contributed by atoms with van der Waals surface area (Å²) in [5.41, 5.74) is 1.73. The standard InChI is InChI=1S/C21H16BrN5O2/c22-16-8-15(10-24-11-16)20(28)25-12-19-17-5-1-2-6-18(17)21(29)27(26-19)13-14-4-3-7-23-9-14/h1-11H,12-13H2,(H,25,28). The van der Waals surface area contributed by atoms with Gasteiger partial charge >= 0.3 is 0 Å².